The average Bonchev–Trinajstić information content (AvgIpc) is 2.67. The van der Waals surface area contributed by atoms with E-state index in [1.165, 1.54) is 21.0 Å². The highest BCUT2D eigenvalue weighted by molar-refractivity contribution is 7.44. The van der Waals surface area contributed by atoms with Crippen LogP contribution in [0.1, 0.15) is 0 Å². The fourth-order valence-electron chi connectivity index (χ4n) is 2.04. The molecule has 0 aliphatic rings. The van der Waals surface area contributed by atoms with Crippen LogP contribution in [0.5, 0.6) is 5.75 Å². The molecule has 0 bridgehead atoms. The number of benzene rings is 2. The van der Waals surface area contributed by atoms with E-state index < -0.39 is 0 Å². The van der Waals surface area contributed by atoms with Crippen molar-refractivity contribution in [1.82, 2.24) is 0 Å². The van der Waals surface area contributed by atoms with Crippen molar-refractivity contribution in [1.29, 1.82) is 0 Å². The number of hydrogen-bond donors (Lipinski definition) is 0. The standard InChI is InChI=1S/C13H11OP/c1-14-10-6-4-8-12-13(10)9-5-2-3-7-11(9)15-12/h2-8,15H,1H3. The monoisotopic (exact) mass is 214 g/mol. The summed E-state index contributed by atoms with van der Waals surface area (Å²) in [4.78, 5) is 0. The van der Waals surface area contributed by atoms with Gasteiger partial charge in [0.15, 0.2) is 0 Å². The van der Waals surface area contributed by atoms with Crippen LogP contribution in [0, 0.1) is 0 Å². The van der Waals surface area contributed by atoms with Gasteiger partial charge in [0.1, 0.15) is 5.75 Å². The van der Waals surface area contributed by atoms with Crippen molar-refractivity contribution in [3.05, 3.63) is 42.5 Å². The van der Waals surface area contributed by atoms with Crippen LogP contribution < -0.4 is 4.74 Å². The zero-order chi connectivity index (χ0) is 10.3. The van der Waals surface area contributed by atoms with Gasteiger partial charge in [0.25, 0.3) is 0 Å². The Hall–Kier alpha value is -1.46. The first-order valence-electron chi connectivity index (χ1n) is 4.93. The second kappa shape index (κ2) is 3.29. The minimum absolute atomic E-state index is 0.770. The van der Waals surface area contributed by atoms with Crippen molar-refractivity contribution < 1.29 is 4.74 Å². The molecular weight excluding hydrogens is 203 g/mol. The van der Waals surface area contributed by atoms with E-state index in [0.717, 1.165) is 13.9 Å². The van der Waals surface area contributed by atoms with Crippen LogP contribution in [0.25, 0.3) is 21.0 Å². The van der Waals surface area contributed by atoms with Crippen molar-refractivity contribution in [2.24, 2.45) is 0 Å². The minimum Gasteiger partial charge on any atom is -0.496 e. The molecule has 0 N–H and O–H groups in total. The summed E-state index contributed by atoms with van der Waals surface area (Å²) >= 11 is 0. The second-order valence-electron chi connectivity index (χ2n) is 3.55. The highest BCUT2D eigenvalue weighted by Crippen LogP contribution is 2.41. The average molecular weight is 214 g/mol. The van der Waals surface area contributed by atoms with E-state index in [1.54, 1.807) is 7.11 Å². The molecule has 2 aromatic carbocycles. The van der Waals surface area contributed by atoms with Crippen molar-refractivity contribution in [3.63, 3.8) is 0 Å². The smallest absolute Gasteiger partial charge is 0.127 e. The fourth-order valence-corrected chi connectivity index (χ4v) is 3.41. The summed E-state index contributed by atoms with van der Waals surface area (Å²) < 4.78 is 5.42. The first-order chi connectivity index (χ1) is 7.40. The number of fused-ring (bicyclic) bond motifs is 3. The molecule has 1 nitrogen and oxygen atoms in total. The minimum atomic E-state index is 0.770. The zero-order valence-electron chi connectivity index (χ0n) is 8.45. The Bertz CT molecular complexity index is 625. The van der Waals surface area contributed by atoms with E-state index in [0.29, 0.717) is 0 Å². The van der Waals surface area contributed by atoms with Gasteiger partial charge >= 0.3 is 0 Å². The molecule has 3 aromatic rings. The first kappa shape index (κ1) is 8.82. The lowest BCUT2D eigenvalue weighted by Crippen LogP contribution is -1.81. The maximum absolute atomic E-state index is 5.42. The molecule has 0 aliphatic carbocycles. The molecule has 1 aromatic heterocycles. The molecule has 0 spiro atoms. The number of ether oxygens (including phenoxy) is 1. The van der Waals surface area contributed by atoms with Gasteiger partial charge in [-0.2, -0.15) is 0 Å². The molecule has 1 atom stereocenters. The van der Waals surface area contributed by atoms with Gasteiger partial charge in [0.2, 0.25) is 0 Å². The summed E-state index contributed by atoms with van der Waals surface area (Å²) in [7, 11) is 2.51. The Labute approximate surface area is 89.8 Å². The third-order valence-electron chi connectivity index (χ3n) is 2.71. The lowest BCUT2D eigenvalue weighted by Gasteiger charge is -2.01. The number of methoxy groups -OCH3 is 1. The predicted molar refractivity (Wildman–Crippen MR) is 67.5 cm³/mol. The highest BCUT2D eigenvalue weighted by atomic mass is 31.0. The van der Waals surface area contributed by atoms with Gasteiger partial charge in [-0.05, 0) is 16.6 Å². The van der Waals surface area contributed by atoms with Crippen molar-refractivity contribution in [3.8, 4) is 5.75 Å². The van der Waals surface area contributed by atoms with E-state index in [9.17, 15) is 0 Å². The molecule has 0 aliphatic heterocycles. The van der Waals surface area contributed by atoms with Crippen molar-refractivity contribution in [2.75, 3.05) is 7.11 Å². The summed E-state index contributed by atoms with van der Waals surface area (Å²) in [5.41, 5.74) is 0. The molecule has 0 amide bonds. The molecule has 0 radical (unpaired) electrons. The van der Waals surface area contributed by atoms with Crippen LogP contribution in [-0.2, 0) is 0 Å². The zero-order valence-corrected chi connectivity index (χ0v) is 9.45. The fraction of sp³-hybridized carbons (Fsp3) is 0.0769. The van der Waals surface area contributed by atoms with E-state index in [-0.39, 0.29) is 0 Å². The van der Waals surface area contributed by atoms with Gasteiger partial charge in [-0.15, -0.1) is 8.19 Å². The molecule has 1 unspecified atom stereocenters. The summed E-state index contributed by atoms with van der Waals surface area (Å²) in [6, 6.07) is 14.9. The predicted octanol–water partition coefficient (Wildman–Crippen LogP) is 4.03. The van der Waals surface area contributed by atoms with Crippen LogP contribution in [-0.4, -0.2) is 7.11 Å². The maximum Gasteiger partial charge on any atom is 0.127 e. The Morgan fingerprint density at radius 1 is 0.933 bits per heavy atom. The van der Waals surface area contributed by atoms with E-state index in [4.69, 9.17) is 4.74 Å². The lowest BCUT2D eigenvalue weighted by atomic mass is 10.1. The SMILES string of the molecule is COc1cccc2[pH]c3ccccc3c12. The maximum atomic E-state index is 5.42. The third kappa shape index (κ3) is 1.24. The molecule has 3 rings (SSSR count). The van der Waals surface area contributed by atoms with Gasteiger partial charge in [-0.25, -0.2) is 0 Å². The van der Waals surface area contributed by atoms with Gasteiger partial charge < -0.3 is 4.74 Å². The molecular formula is C13H11OP. The summed E-state index contributed by atoms with van der Waals surface area (Å²) in [6.07, 6.45) is 0. The van der Waals surface area contributed by atoms with Crippen LogP contribution in [0.2, 0.25) is 0 Å². The molecule has 0 saturated heterocycles. The van der Waals surface area contributed by atoms with Gasteiger partial charge in [-0.3, -0.25) is 0 Å². The van der Waals surface area contributed by atoms with Gasteiger partial charge in [0, 0.05) is 10.5 Å². The quantitative estimate of drug-likeness (QED) is 0.594. The molecule has 74 valence electrons. The molecule has 1 heterocycles. The Morgan fingerprint density at radius 3 is 2.60 bits per heavy atom. The molecule has 2 heteroatoms. The van der Waals surface area contributed by atoms with Gasteiger partial charge in [0.05, 0.1) is 7.11 Å². The highest BCUT2D eigenvalue weighted by Gasteiger charge is 2.07. The second-order valence-corrected chi connectivity index (χ2v) is 4.88. The van der Waals surface area contributed by atoms with Crippen LogP contribution in [0.4, 0.5) is 0 Å². The van der Waals surface area contributed by atoms with E-state index in [2.05, 4.69) is 36.4 Å². The lowest BCUT2D eigenvalue weighted by molar-refractivity contribution is 0.420. The van der Waals surface area contributed by atoms with Crippen LogP contribution in [0.15, 0.2) is 42.5 Å². The van der Waals surface area contributed by atoms with Crippen molar-refractivity contribution in [2.45, 2.75) is 0 Å². The summed E-state index contributed by atoms with van der Waals surface area (Å²) in [6.45, 7) is 0. The van der Waals surface area contributed by atoms with E-state index in [1.807, 2.05) is 6.07 Å². The number of rotatable bonds is 1. The largest absolute Gasteiger partial charge is 0.496 e. The third-order valence-corrected chi connectivity index (χ3v) is 4.10. The van der Waals surface area contributed by atoms with Crippen molar-refractivity contribution >= 4 is 29.2 Å². The number of hydrogen-bond acceptors (Lipinski definition) is 1. The first-order valence-corrected chi connectivity index (χ1v) is 5.93. The normalized spacial score (nSPS) is 11.5. The summed E-state index contributed by atoms with van der Waals surface area (Å²) in [5.74, 6) is 0.991. The van der Waals surface area contributed by atoms with E-state index >= 15 is 0 Å². The Kier molecular flexibility index (Phi) is 1.93. The van der Waals surface area contributed by atoms with Crippen LogP contribution in [0.3, 0.4) is 0 Å². The topological polar surface area (TPSA) is 9.23 Å². The Balaban J connectivity index is 2.56. The molecule has 15 heavy (non-hydrogen) atoms. The van der Waals surface area contributed by atoms with Gasteiger partial charge in [-0.1, -0.05) is 36.4 Å². The molecule has 0 fully saturated rings. The summed E-state index contributed by atoms with van der Waals surface area (Å²) in [5, 5.41) is 5.45. The van der Waals surface area contributed by atoms with Crippen LogP contribution >= 0.6 is 8.19 Å². The Morgan fingerprint density at radius 2 is 1.73 bits per heavy atom. The molecule has 0 saturated carbocycles.